The van der Waals surface area contributed by atoms with E-state index in [-0.39, 0.29) is 12.2 Å². The van der Waals surface area contributed by atoms with E-state index in [1.54, 1.807) is 24.3 Å². The van der Waals surface area contributed by atoms with Gasteiger partial charge in [0.05, 0.1) is 23.7 Å². The van der Waals surface area contributed by atoms with Gasteiger partial charge in [0.15, 0.2) is 0 Å². The maximum absolute atomic E-state index is 12.3. The fourth-order valence-corrected chi connectivity index (χ4v) is 2.43. The summed E-state index contributed by atoms with van der Waals surface area (Å²) in [5.41, 5.74) is 2.26. The van der Waals surface area contributed by atoms with Crippen LogP contribution in [0.2, 0.25) is 0 Å². The van der Waals surface area contributed by atoms with E-state index in [9.17, 15) is 18.0 Å². The van der Waals surface area contributed by atoms with Crippen molar-refractivity contribution in [1.82, 2.24) is 9.97 Å². The number of fused-ring (bicyclic) bond motifs is 1. The summed E-state index contributed by atoms with van der Waals surface area (Å²) in [6.07, 6.45) is -4.44. The lowest BCUT2D eigenvalue weighted by Gasteiger charge is -2.09. The van der Waals surface area contributed by atoms with Crippen molar-refractivity contribution in [3.63, 3.8) is 0 Å². The number of carbonyl (C=O) groups excluding carboxylic acids is 1. The van der Waals surface area contributed by atoms with E-state index in [0.717, 1.165) is 0 Å². The zero-order valence-electron chi connectivity index (χ0n) is 13.1. The quantitative estimate of drug-likeness (QED) is 0.726. The van der Waals surface area contributed by atoms with Gasteiger partial charge >= 0.3 is 12.3 Å². The summed E-state index contributed by atoms with van der Waals surface area (Å²) in [7, 11) is 1.29. The average molecular weight is 350 g/mol. The summed E-state index contributed by atoms with van der Waals surface area (Å²) in [6, 6.07) is 10.6. The number of alkyl halides is 3. The predicted octanol–water partition coefficient (Wildman–Crippen LogP) is 3.84. The van der Waals surface area contributed by atoms with E-state index in [0.29, 0.717) is 28.0 Å². The van der Waals surface area contributed by atoms with Crippen LogP contribution in [0.25, 0.3) is 11.0 Å². The van der Waals surface area contributed by atoms with Gasteiger partial charge in [0.1, 0.15) is 11.6 Å². The molecule has 1 N–H and O–H groups in total. The molecule has 0 aliphatic carbocycles. The van der Waals surface area contributed by atoms with Gasteiger partial charge in [0.2, 0.25) is 0 Å². The summed E-state index contributed by atoms with van der Waals surface area (Å²) >= 11 is 0. The van der Waals surface area contributed by atoms with Crippen molar-refractivity contribution in [2.75, 3.05) is 7.11 Å². The third-order valence-corrected chi connectivity index (χ3v) is 3.46. The van der Waals surface area contributed by atoms with Gasteiger partial charge in [0, 0.05) is 6.42 Å². The van der Waals surface area contributed by atoms with Crippen LogP contribution in [-0.4, -0.2) is 29.4 Å². The van der Waals surface area contributed by atoms with E-state index in [1.165, 1.54) is 25.3 Å². The molecule has 8 heteroatoms. The molecule has 130 valence electrons. The van der Waals surface area contributed by atoms with Crippen molar-refractivity contribution in [2.24, 2.45) is 0 Å². The smallest absolute Gasteiger partial charge is 0.465 e. The average Bonchev–Trinajstić information content (AvgIpc) is 2.94. The molecule has 0 spiro atoms. The molecule has 0 amide bonds. The summed E-state index contributed by atoms with van der Waals surface area (Å²) in [6.45, 7) is 0. The number of rotatable bonds is 4. The number of hydrogen-bond donors (Lipinski definition) is 1. The van der Waals surface area contributed by atoms with E-state index < -0.39 is 12.3 Å². The molecule has 0 saturated carbocycles. The maximum Gasteiger partial charge on any atom is 0.573 e. The maximum atomic E-state index is 12.3. The summed E-state index contributed by atoms with van der Waals surface area (Å²) < 4.78 is 45.4. The van der Waals surface area contributed by atoms with E-state index >= 15 is 0 Å². The highest BCUT2D eigenvalue weighted by molar-refractivity contribution is 5.93. The second-order valence-electron chi connectivity index (χ2n) is 5.28. The molecule has 0 aliphatic rings. The first-order chi connectivity index (χ1) is 11.8. The minimum Gasteiger partial charge on any atom is -0.465 e. The number of aromatic nitrogens is 2. The van der Waals surface area contributed by atoms with Crippen molar-refractivity contribution < 1.29 is 27.4 Å². The summed E-state index contributed by atoms with van der Waals surface area (Å²) in [5, 5.41) is 0. The molecule has 1 heterocycles. The van der Waals surface area contributed by atoms with E-state index in [4.69, 9.17) is 0 Å². The van der Waals surface area contributed by atoms with Gasteiger partial charge in [-0.1, -0.05) is 12.1 Å². The van der Waals surface area contributed by atoms with Crippen LogP contribution in [0.15, 0.2) is 42.5 Å². The highest BCUT2D eigenvalue weighted by Crippen LogP contribution is 2.24. The molecular formula is C17H13F3N2O3. The van der Waals surface area contributed by atoms with Crippen molar-refractivity contribution >= 4 is 17.0 Å². The predicted molar refractivity (Wildman–Crippen MR) is 83.4 cm³/mol. The number of esters is 1. The molecule has 0 fully saturated rings. The molecule has 5 nitrogen and oxygen atoms in total. The number of carbonyl (C=O) groups is 1. The normalized spacial score (nSPS) is 11.5. The zero-order chi connectivity index (χ0) is 18.0. The van der Waals surface area contributed by atoms with Gasteiger partial charge in [0.25, 0.3) is 0 Å². The summed E-state index contributed by atoms with van der Waals surface area (Å²) in [4.78, 5) is 19.0. The van der Waals surface area contributed by atoms with Gasteiger partial charge in [-0.25, -0.2) is 9.78 Å². The first-order valence-corrected chi connectivity index (χ1v) is 7.26. The largest absolute Gasteiger partial charge is 0.573 e. The molecule has 0 radical (unpaired) electrons. The molecule has 0 aliphatic heterocycles. The number of nitrogens with one attached hydrogen (secondary N) is 1. The Morgan fingerprint density at radius 1 is 1.20 bits per heavy atom. The monoisotopic (exact) mass is 350 g/mol. The van der Waals surface area contributed by atoms with E-state index in [1.807, 2.05) is 0 Å². The summed E-state index contributed by atoms with van der Waals surface area (Å²) in [5.74, 6) is -0.196. The fraction of sp³-hybridized carbons (Fsp3) is 0.176. The minimum atomic E-state index is -4.73. The van der Waals surface area contributed by atoms with Crippen molar-refractivity contribution in [3.05, 3.63) is 59.4 Å². The standard InChI is InChI=1S/C17H13F3N2O3/c1-24-16(23)11-5-6-13-14(9-11)22-15(21-13)8-10-3-2-4-12(7-10)25-17(18,19)20/h2-7,9H,8H2,1H3,(H,21,22). The van der Waals surface area contributed by atoms with Gasteiger partial charge in [-0.3, -0.25) is 0 Å². The van der Waals surface area contributed by atoms with Gasteiger partial charge in [-0.15, -0.1) is 13.2 Å². The number of nitrogens with zero attached hydrogens (tertiary/aromatic N) is 1. The molecule has 25 heavy (non-hydrogen) atoms. The SMILES string of the molecule is COC(=O)c1ccc2[nH]c(Cc3cccc(OC(F)(F)F)c3)nc2c1. The van der Waals surface area contributed by atoms with Crippen LogP contribution in [0.5, 0.6) is 5.75 Å². The lowest BCUT2D eigenvalue weighted by Crippen LogP contribution is -2.17. The number of methoxy groups -OCH3 is 1. The molecule has 0 saturated heterocycles. The first-order valence-electron chi connectivity index (χ1n) is 7.26. The molecule has 3 aromatic rings. The van der Waals surface area contributed by atoms with Crippen molar-refractivity contribution in [2.45, 2.75) is 12.8 Å². The number of benzene rings is 2. The van der Waals surface area contributed by atoms with Crippen LogP contribution >= 0.6 is 0 Å². The second-order valence-corrected chi connectivity index (χ2v) is 5.28. The minimum absolute atomic E-state index is 0.283. The van der Waals surface area contributed by atoms with Crippen LogP contribution in [-0.2, 0) is 11.2 Å². The molecule has 0 unspecified atom stereocenters. The molecule has 0 bridgehead atoms. The van der Waals surface area contributed by atoms with Crippen LogP contribution in [0.4, 0.5) is 13.2 Å². The number of hydrogen-bond acceptors (Lipinski definition) is 4. The van der Waals surface area contributed by atoms with Gasteiger partial charge in [-0.2, -0.15) is 0 Å². The lowest BCUT2D eigenvalue weighted by molar-refractivity contribution is -0.274. The topological polar surface area (TPSA) is 64.2 Å². The van der Waals surface area contributed by atoms with Gasteiger partial charge in [-0.05, 0) is 35.9 Å². The van der Waals surface area contributed by atoms with Crippen LogP contribution < -0.4 is 4.74 Å². The van der Waals surface area contributed by atoms with Gasteiger partial charge < -0.3 is 14.5 Å². The number of ether oxygens (including phenoxy) is 2. The first kappa shape index (κ1) is 16.8. The van der Waals surface area contributed by atoms with Crippen LogP contribution in [0.1, 0.15) is 21.7 Å². The Balaban J connectivity index is 1.83. The highest BCUT2D eigenvalue weighted by atomic mass is 19.4. The lowest BCUT2D eigenvalue weighted by atomic mass is 10.1. The Bertz CT molecular complexity index is 919. The third-order valence-electron chi connectivity index (χ3n) is 3.46. The zero-order valence-corrected chi connectivity index (χ0v) is 13.1. The van der Waals surface area contributed by atoms with E-state index in [2.05, 4.69) is 19.4 Å². The molecule has 3 rings (SSSR count). The Kier molecular flexibility index (Phi) is 4.35. The Labute approximate surface area is 140 Å². The Morgan fingerprint density at radius 3 is 2.72 bits per heavy atom. The second kappa shape index (κ2) is 6.46. The number of imidazole rings is 1. The molecule has 2 aromatic carbocycles. The molecular weight excluding hydrogens is 337 g/mol. The third kappa shape index (κ3) is 4.09. The number of halogens is 3. The molecule has 1 aromatic heterocycles. The van der Waals surface area contributed by atoms with Crippen LogP contribution in [0.3, 0.4) is 0 Å². The fourth-order valence-electron chi connectivity index (χ4n) is 2.43. The highest BCUT2D eigenvalue weighted by Gasteiger charge is 2.31. The number of H-pyrrole nitrogens is 1. The van der Waals surface area contributed by atoms with Crippen LogP contribution in [0, 0.1) is 0 Å². The number of aromatic amines is 1. The van der Waals surface area contributed by atoms with Crippen molar-refractivity contribution in [3.8, 4) is 5.75 Å². The molecule has 0 atom stereocenters. The Hall–Kier alpha value is -3.03. The van der Waals surface area contributed by atoms with Crippen molar-refractivity contribution in [1.29, 1.82) is 0 Å². The Morgan fingerprint density at radius 2 is 2.00 bits per heavy atom.